The third kappa shape index (κ3) is 4.32. The van der Waals surface area contributed by atoms with Gasteiger partial charge < -0.3 is 15.6 Å². The molecule has 1 amide bonds. The van der Waals surface area contributed by atoms with Gasteiger partial charge in [0.2, 0.25) is 11.0 Å². The Labute approximate surface area is 114 Å². The summed E-state index contributed by atoms with van der Waals surface area (Å²) in [7, 11) is 0. The van der Waals surface area contributed by atoms with E-state index in [2.05, 4.69) is 20.7 Å². The highest BCUT2D eigenvalue weighted by Gasteiger charge is 2.07. The number of nitrogen functional groups attached to an aromatic ring is 1. The molecule has 0 radical (unpaired) electrons. The van der Waals surface area contributed by atoms with E-state index in [1.54, 1.807) is 6.07 Å². The SMILES string of the molecule is Cc1cc(CC(=O)NCCCc2nnc(N)s2)on1. The summed E-state index contributed by atoms with van der Waals surface area (Å²) in [6, 6.07) is 1.75. The molecule has 0 atom stereocenters. The van der Waals surface area contributed by atoms with E-state index in [1.165, 1.54) is 11.3 Å². The minimum Gasteiger partial charge on any atom is -0.374 e. The van der Waals surface area contributed by atoms with E-state index < -0.39 is 0 Å². The van der Waals surface area contributed by atoms with E-state index in [-0.39, 0.29) is 12.3 Å². The van der Waals surface area contributed by atoms with E-state index >= 15 is 0 Å². The average Bonchev–Trinajstić information content (AvgIpc) is 2.94. The van der Waals surface area contributed by atoms with Crippen LogP contribution in [0.25, 0.3) is 0 Å². The molecule has 7 nitrogen and oxygen atoms in total. The molecule has 8 heteroatoms. The maximum Gasteiger partial charge on any atom is 0.227 e. The van der Waals surface area contributed by atoms with Gasteiger partial charge in [0.1, 0.15) is 10.8 Å². The Morgan fingerprint density at radius 1 is 1.53 bits per heavy atom. The summed E-state index contributed by atoms with van der Waals surface area (Å²) in [5.74, 6) is 0.500. The molecule has 19 heavy (non-hydrogen) atoms. The molecule has 0 aromatic carbocycles. The van der Waals surface area contributed by atoms with Crippen molar-refractivity contribution in [2.24, 2.45) is 0 Å². The molecular formula is C11H15N5O2S. The number of carbonyl (C=O) groups excluding carboxylic acids is 1. The van der Waals surface area contributed by atoms with E-state index in [0.29, 0.717) is 17.4 Å². The molecule has 0 saturated carbocycles. The van der Waals surface area contributed by atoms with E-state index in [4.69, 9.17) is 10.3 Å². The third-order valence-electron chi connectivity index (χ3n) is 2.38. The van der Waals surface area contributed by atoms with Gasteiger partial charge in [0.25, 0.3) is 0 Å². The largest absolute Gasteiger partial charge is 0.374 e. The van der Waals surface area contributed by atoms with Crippen molar-refractivity contribution in [3.05, 3.63) is 22.5 Å². The van der Waals surface area contributed by atoms with E-state index in [0.717, 1.165) is 23.5 Å². The summed E-state index contributed by atoms with van der Waals surface area (Å²) in [4.78, 5) is 11.6. The number of carbonyl (C=O) groups is 1. The van der Waals surface area contributed by atoms with Gasteiger partial charge in [-0.3, -0.25) is 4.79 Å². The molecule has 2 aromatic heterocycles. The highest BCUT2D eigenvalue weighted by Crippen LogP contribution is 2.12. The predicted octanol–water partition coefficient (Wildman–Crippen LogP) is 0.708. The van der Waals surface area contributed by atoms with Crippen molar-refractivity contribution in [1.29, 1.82) is 0 Å². The first kappa shape index (κ1) is 13.5. The van der Waals surface area contributed by atoms with Gasteiger partial charge in [0.15, 0.2) is 0 Å². The number of rotatable bonds is 6. The number of nitrogens with zero attached hydrogens (tertiary/aromatic N) is 3. The van der Waals surface area contributed by atoms with Gasteiger partial charge in [0.05, 0.1) is 12.1 Å². The molecule has 0 bridgehead atoms. The summed E-state index contributed by atoms with van der Waals surface area (Å²) in [6.07, 6.45) is 1.78. The second-order valence-corrected chi connectivity index (χ2v) is 5.19. The fraction of sp³-hybridized carbons (Fsp3) is 0.455. The van der Waals surface area contributed by atoms with Crippen molar-refractivity contribution >= 4 is 22.4 Å². The molecule has 0 aliphatic carbocycles. The fourth-order valence-electron chi connectivity index (χ4n) is 1.56. The molecule has 0 saturated heterocycles. The lowest BCUT2D eigenvalue weighted by molar-refractivity contribution is -0.120. The lowest BCUT2D eigenvalue weighted by atomic mass is 10.2. The molecule has 0 aliphatic rings. The molecule has 102 valence electrons. The van der Waals surface area contributed by atoms with Crippen LogP contribution in [0.15, 0.2) is 10.6 Å². The molecule has 0 aliphatic heterocycles. The maximum absolute atomic E-state index is 11.6. The number of amides is 1. The lowest BCUT2D eigenvalue weighted by Gasteiger charge is -2.02. The molecular weight excluding hydrogens is 266 g/mol. The quantitative estimate of drug-likeness (QED) is 0.755. The van der Waals surface area contributed by atoms with Gasteiger partial charge in [-0.15, -0.1) is 10.2 Å². The molecule has 2 rings (SSSR count). The first-order chi connectivity index (χ1) is 9.13. The number of hydrogen-bond acceptors (Lipinski definition) is 7. The van der Waals surface area contributed by atoms with E-state index in [1.807, 2.05) is 6.92 Å². The molecule has 0 spiro atoms. The van der Waals surface area contributed by atoms with Crippen molar-refractivity contribution in [2.45, 2.75) is 26.2 Å². The van der Waals surface area contributed by atoms with Crippen LogP contribution < -0.4 is 11.1 Å². The van der Waals surface area contributed by atoms with Crippen LogP contribution >= 0.6 is 11.3 Å². The standard InChI is InChI=1S/C11H15N5O2S/c1-7-5-8(18-16-7)6-9(17)13-4-2-3-10-14-15-11(12)19-10/h5H,2-4,6H2,1H3,(H2,12,15)(H,13,17). The summed E-state index contributed by atoms with van der Waals surface area (Å²) < 4.78 is 4.97. The van der Waals surface area contributed by atoms with Crippen LogP contribution in [0, 0.1) is 6.92 Å². The smallest absolute Gasteiger partial charge is 0.227 e. The van der Waals surface area contributed by atoms with Crippen LogP contribution in [0.4, 0.5) is 5.13 Å². The molecule has 3 N–H and O–H groups in total. The van der Waals surface area contributed by atoms with Gasteiger partial charge in [-0.1, -0.05) is 16.5 Å². The van der Waals surface area contributed by atoms with Crippen LogP contribution in [0.3, 0.4) is 0 Å². The molecule has 2 heterocycles. The Bertz CT molecular complexity index is 551. The Morgan fingerprint density at radius 2 is 2.37 bits per heavy atom. The molecule has 0 unspecified atom stereocenters. The minimum atomic E-state index is -0.0760. The monoisotopic (exact) mass is 281 g/mol. The van der Waals surface area contributed by atoms with Crippen LogP contribution in [-0.2, 0) is 17.6 Å². The number of nitrogens with two attached hydrogens (primary N) is 1. The Kier molecular flexibility index (Phi) is 4.45. The van der Waals surface area contributed by atoms with Crippen molar-refractivity contribution in [2.75, 3.05) is 12.3 Å². The average molecular weight is 281 g/mol. The predicted molar refractivity (Wildman–Crippen MR) is 70.6 cm³/mol. The van der Waals surface area contributed by atoms with Gasteiger partial charge >= 0.3 is 0 Å². The maximum atomic E-state index is 11.6. The number of aryl methyl sites for hydroxylation is 2. The van der Waals surface area contributed by atoms with Gasteiger partial charge in [-0.25, -0.2) is 0 Å². The highest BCUT2D eigenvalue weighted by molar-refractivity contribution is 7.15. The van der Waals surface area contributed by atoms with Crippen molar-refractivity contribution in [3.63, 3.8) is 0 Å². The lowest BCUT2D eigenvalue weighted by Crippen LogP contribution is -2.26. The summed E-state index contributed by atoms with van der Waals surface area (Å²) in [5.41, 5.74) is 6.25. The van der Waals surface area contributed by atoms with Crippen LogP contribution in [-0.4, -0.2) is 27.8 Å². The summed E-state index contributed by atoms with van der Waals surface area (Å²) in [6.45, 7) is 2.41. The Hall–Kier alpha value is -1.96. The van der Waals surface area contributed by atoms with Crippen LogP contribution in [0.5, 0.6) is 0 Å². The number of nitrogens with one attached hydrogen (secondary N) is 1. The van der Waals surface area contributed by atoms with Crippen LogP contribution in [0.1, 0.15) is 22.9 Å². The molecule has 2 aromatic rings. The zero-order valence-corrected chi connectivity index (χ0v) is 11.4. The normalized spacial score (nSPS) is 10.6. The first-order valence-corrected chi connectivity index (χ1v) is 6.72. The van der Waals surface area contributed by atoms with Crippen molar-refractivity contribution in [3.8, 4) is 0 Å². The Balaban J connectivity index is 1.64. The summed E-state index contributed by atoms with van der Waals surface area (Å²) >= 11 is 1.37. The first-order valence-electron chi connectivity index (χ1n) is 5.90. The summed E-state index contributed by atoms with van der Waals surface area (Å²) in [5, 5.41) is 15.5. The number of aromatic nitrogens is 3. The van der Waals surface area contributed by atoms with Gasteiger partial charge in [0, 0.05) is 19.0 Å². The minimum absolute atomic E-state index is 0.0760. The van der Waals surface area contributed by atoms with E-state index in [9.17, 15) is 4.79 Å². The zero-order valence-electron chi connectivity index (χ0n) is 10.5. The highest BCUT2D eigenvalue weighted by atomic mass is 32.1. The van der Waals surface area contributed by atoms with Gasteiger partial charge in [-0.05, 0) is 13.3 Å². The van der Waals surface area contributed by atoms with Gasteiger partial charge in [-0.2, -0.15) is 0 Å². The molecule has 0 fully saturated rings. The topological polar surface area (TPSA) is 107 Å². The number of anilines is 1. The fourth-order valence-corrected chi connectivity index (χ4v) is 2.21. The van der Waals surface area contributed by atoms with Crippen molar-refractivity contribution in [1.82, 2.24) is 20.7 Å². The zero-order chi connectivity index (χ0) is 13.7. The Morgan fingerprint density at radius 3 is 3.00 bits per heavy atom. The second kappa shape index (κ2) is 6.28. The van der Waals surface area contributed by atoms with Crippen LogP contribution in [0.2, 0.25) is 0 Å². The number of hydrogen-bond donors (Lipinski definition) is 2. The second-order valence-electron chi connectivity index (χ2n) is 4.10. The third-order valence-corrected chi connectivity index (χ3v) is 3.20. The van der Waals surface area contributed by atoms with Crippen molar-refractivity contribution < 1.29 is 9.32 Å².